The minimum Gasteiger partial charge on any atom is -0.493 e. The lowest BCUT2D eigenvalue weighted by Gasteiger charge is -2.16. The van der Waals surface area contributed by atoms with Gasteiger partial charge in [-0.1, -0.05) is 11.6 Å². The summed E-state index contributed by atoms with van der Waals surface area (Å²) in [6.45, 7) is 5.32. The fraction of sp³-hybridized carbons (Fsp3) is 0.647. The molecule has 1 saturated heterocycles. The second-order valence-corrected chi connectivity index (χ2v) is 6.59. The maximum Gasteiger partial charge on any atom is 0.123 e. The zero-order chi connectivity index (χ0) is 14.5. The third-order valence-corrected chi connectivity index (χ3v) is 4.49. The smallest absolute Gasteiger partial charge is 0.123 e. The number of hydrogen-bond donors (Lipinski definition) is 1. The van der Waals surface area contributed by atoms with E-state index in [2.05, 4.69) is 10.2 Å². The van der Waals surface area contributed by atoms with Crippen LogP contribution in [-0.4, -0.2) is 37.2 Å². The highest BCUT2D eigenvalue weighted by molar-refractivity contribution is 6.30. The molecule has 2 aliphatic rings. The molecule has 21 heavy (non-hydrogen) atoms. The second kappa shape index (κ2) is 7.48. The summed E-state index contributed by atoms with van der Waals surface area (Å²) in [6, 6.07) is 6.64. The number of ether oxygens (including phenoxy) is 1. The topological polar surface area (TPSA) is 24.5 Å². The van der Waals surface area contributed by atoms with Gasteiger partial charge in [0.1, 0.15) is 5.75 Å². The van der Waals surface area contributed by atoms with Gasteiger partial charge in [-0.05, 0) is 63.4 Å². The lowest BCUT2D eigenvalue weighted by molar-refractivity contribution is 0.261. The highest BCUT2D eigenvalue weighted by Gasteiger charge is 2.20. The van der Waals surface area contributed by atoms with E-state index in [0.29, 0.717) is 6.04 Å². The van der Waals surface area contributed by atoms with E-state index in [9.17, 15) is 0 Å². The Kier molecular flexibility index (Phi) is 5.39. The molecule has 3 nitrogen and oxygen atoms in total. The Balaban J connectivity index is 1.46. The molecule has 1 aromatic rings. The summed E-state index contributed by atoms with van der Waals surface area (Å²) in [4.78, 5) is 2.53. The first-order valence-electron chi connectivity index (χ1n) is 8.18. The minimum absolute atomic E-state index is 0.701. The molecule has 0 amide bonds. The van der Waals surface area contributed by atoms with Gasteiger partial charge in [0.15, 0.2) is 0 Å². The first kappa shape index (κ1) is 15.1. The Bertz CT molecular complexity index is 456. The van der Waals surface area contributed by atoms with Gasteiger partial charge in [0.05, 0.1) is 6.61 Å². The van der Waals surface area contributed by atoms with Crippen LogP contribution in [0.1, 0.15) is 37.7 Å². The molecule has 2 fully saturated rings. The zero-order valence-corrected chi connectivity index (χ0v) is 13.4. The lowest BCUT2D eigenvalue weighted by atomic mass is 10.2. The van der Waals surface area contributed by atoms with Gasteiger partial charge in [0.25, 0.3) is 0 Å². The summed E-state index contributed by atoms with van der Waals surface area (Å²) in [6.07, 6.45) is 6.40. The van der Waals surface area contributed by atoms with Crippen molar-refractivity contribution >= 4 is 11.6 Å². The van der Waals surface area contributed by atoms with E-state index in [-0.39, 0.29) is 0 Å². The molecule has 3 rings (SSSR count). The van der Waals surface area contributed by atoms with Crippen molar-refractivity contribution in [3.63, 3.8) is 0 Å². The van der Waals surface area contributed by atoms with E-state index >= 15 is 0 Å². The normalized spacial score (nSPS) is 19.1. The molecule has 0 radical (unpaired) electrons. The largest absolute Gasteiger partial charge is 0.493 e. The van der Waals surface area contributed by atoms with Crippen LogP contribution in [0.5, 0.6) is 5.75 Å². The Hall–Kier alpha value is -0.770. The predicted octanol–water partition coefficient (Wildman–Crippen LogP) is 3.46. The summed E-state index contributed by atoms with van der Waals surface area (Å²) in [5.74, 6) is 0.981. The molecule has 1 N–H and O–H groups in total. The predicted molar refractivity (Wildman–Crippen MR) is 87.1 cm³/mol. The molecule has 0 atom stereocenters. The monoisotopic (exact) mass is 308 g/mol. The summed E-state index contributed by atoms with van der Waals surface area (Å²) in [5.41, 5.74) is 1.18. The highest BCUT2D eigenvalue weighted by Crippen LogP contribution is 2.25. The first-order valence-corrected chi connectivity index (χ1v) is 8.56. The zero-order valence-electron chi connectivity index (χ0n) is 12.6. The first-order chi connectivity index (χ1) is 10.3. The molecular formula is C17H25ClN2O. The van der Waals surface area contributed by atoms with Gasteiger partial charge in [-0.2, -0.15) is 0 Å². The number of hydrogen-bond acceptors (Lipinski definition) is 3. The molecule has 1 saturated carbocycles. The molecule has 4 heteroatoms. The number of nitrogens with zero attached hydrogens (tertiary/aromatic N) is 1. The molecule has 0 spiro atoms. The summed E-state index contributed by atoms with van der Waals surface area (Å²) >= 11 is 6.11. The number of likely N-dealkylation sites (tertiary alicyclic amines) is 1. The Labute approximate surface area is 132 Å². The highest BCUT2D eigenvalue weighted by atomic mass is 35.5. The van der Waals surface area contributed by atoms with Crippen molar-refractivity contribution in [2.24, 2.45) is 0 Å². The molecule has 116 valence electrons. The Morgan fingerprint density at radius 2 is 2.05 bits per heavy atom. The van der Waals surface area contributed by atoms with Gasteiger partial charge in [-0.3, -0.25) is 0 Å². The van der Waals surface area contributed by atoms with Gasteiger partial charge in [-0.15, -0.1) is 0 Å². The van der Waals surface area contributed by atoms with E-state index in [1.54, 1.807) is 0 Å². The standard InChI is InChI=1S/C17H25ClN2O/c18-15-4-7-17(14(12-15)13-19-16-5-6-16)21-11-3-10-20-8-1-2-9-20/h4,7,12,16,19H,1-3,5-6,8-11,13H2. The third kappa shape index (κ3) is 4.87. The second-order valence-electron chi connectivity index (χ2n) is 6.16. The van der Waals surface area contributed by atoms with Gasteiger partial charge in [-0.25, -0.2) is 0 Å². The average Bonchev–Trinajstić information content (AvgIpc) is 3.17. The van der Waals surface area contributed by atoms with Gasteiger partial charge in [0, 0.05) is 29.7 Å². The van der Waals surface area contributed by atoms with Crippen LogP contribution in [0.3, 0.4) is 0 Å². The van der Waals surface area contributed by atoms with Crippen molar-refractivity contribution in [2.45, 2.75) is 44.7 Å². The van der Waals surface area contributed by atoms with E-state index in [4.69, 9.17) is 16.3 Å². The van der Waals surface area contributed by atoms with Crippen molar-refractivity contribution in [2.75, 3.05) is 26.2 Å². The van der Waals surface area contributed by atoms with Gasteiger partial charge in [0.2, 0.25) is 0 Å². The maximum atomic E-state index is 6.11. The van der Waals surface area contributed by atoms with Crippen molar-refractivity contribution in [3.05, 3.63) is 28.8 Å². The molecule has 0 aromatic heterocycles. The Morgan fingerprint density at radius 3 is 2.81 bits per heavy atom. The molecule has 0 bridgehead atoms. The van der Waals surface area contributed by atoms with Crippen LogP contribution in [0.4, 0.5) is 0 Å². The number of halogens is 1. The molecule has 1 aromatic carbocycles. The van der Waals surface area contributed by atoms with Crippen LogP contribution >= 0.6 is 11.6 Å². The molecule has 1 heterocycles. The molecule has 0 unspecified atom stereocenters. The van der Waals surface area contributed by atoms with Crippen molar-refractivity contribution in [1.29, 1.82) is 0 Å². The molecule has 1 aliphatic heterocycles. The number of nitrogens with one attached hydrogen (secondary N) is 1. The van der Waals surface area contributed by atoms with E-state index in [1.807, 2.05) is 18.2 Å². The van der Waals surface area contributed by atoms with Crippen LogP contribution < -0.4 is 10.1 Å². The third-order valence-electron chi connectivity index (χ3n) is 4.26. The fourth-order valence-electron chi connectivity index (χ4n) is 2.85. The van der Waals surface area contributed by atoms with E-state index in [0.717, 1.165) is 36.9 Å². The average molecular weight is 309 g/mol. The van der Waals surface area contributed by atoms with Crippen LogP contribution in [0.2, 0.25) is 5.02 Å². The summed E-state index contributed by atoms with van der Waals surface area (Å²) in [5, 5.41) is 4.31. The molecular weight excluding hydrogens is 284 g/mol. The SMILES string of the molecule is Clc1ccc(OCCCN2CCCC2)c(CNC2CC2)c1. The summed E-state index contributed by atoms with van der Waals surface area (Å²) in [7, 11) is 0. The number of benzene rings is 1. The maximum absolute atomic E-state index is 6.11. The van der Waals surface area contributed by atoms with Crippen LogP contribution in [-0.2, 0) is 6.54 Å². The minimum atomic E-state index is 0.701. The van der Waals surface area contributed by atoms with Gasteiger partial charge < -0.3 is 15.0 Å². The Morgan fingerprint density at radius 1 is 1.24 bits per heavy atom. The van der Waals surface area contributed by atoms with Crippen molar-refractivity contribution < 1.29 is 4.74 Å². The quantitative estimate of drug-likeness (QED) is 0.744. The lowest BCUT2D eigenvalue weighted by Crippen LogP contribution is -2.22. The van der Waals surface area contributed by atoms with Crippen LogP contribution in [0.15, 0.2) is 18.2 Å². The van der Waals surface area contributed by atoms with Crippen molar-refractivity contribution in [1.82, 2.24) is 10.2 Å². The summed E-state index contributed by atoms with van der Waals surface area (Å²) < 4.78 is 5.98. The van der Waals surface area contributed by atoms with E-state index < -0.39 is 0 Å². The fourth-order valence-corrected chi connectivity index (χ4v) is 3.04. The number of rotatable bonds is 8. The van der Waals surface area contributed by atoms with Crippen molar-refractivity contribution in [3.8, 4) is 5.75 Å². The van der Waals surface area contributed by atoms with Gasteiger partial charge >= 0.3 is 0 Å². The van der Waals surface area contributed by atoms with Crippen LogP contribution in [0.25, 0.3) is 0 Å². The molecule has 1 aliphatic carbocycles. The van der Waals surface area contributed by atoms with E-state index in [1.165, 1.54) is 44.3 Å². The van der Waals surface area contributed by atoms with Crippen LogP contribution in [0, 0.1) is 0 Å².